The van der Waals surface area contributed by atoms with Crippen molar-refractivity contribution in [2.75, 3.05) is 23.3 Å². The van der Waals surface area contributed by atoms with Gasteiger partial charge in [-0.05, 0) is 61.4 Å². The molecule has 1 N–H and O–H groups in total. The lowest BCUT2D eigenvalue weighted by Gasteiger charge is -2.16. The van der Waals surface area contributed by atoms with Crippen LogP contribution in [0, 0.1) is 0 Å². The van der Waals surface area contributed by atoms with E-state index in [1.165, 1.54) is 28.6 Å². The molecule has 2 fully saturated rings. The summed E-state index contributed by atoms with van der Waals surface area (Å²) in [6.07, 6.45) is 2.13. The Bertz CT molecular complexity index is 1070. The van der Waals surface area contributed by atoms with Crippen LogP contribution in [0.5, 0.6) is 0 Å². The summed E-state index contributed by atoms with van der Waals surface area (Å²) in [7, 11) is -3.50. The number of anilines is 2. The van der Waals surface area contributed by atoms with Gasteiger partial charge in [0.1, 0.15) is 0 Å². The topological polar surface area (TPSA) is 104 Å². The molecule has 2 heterocycles. The highest BCUT2D eigenvalue weighted by Gasteiger charge is 2.30. The van der Waals surface area contributed by atoms with E-state index in [0.29, 0.717) is 30.0 Å². The zero-order chi connectivity index (χ0) is 21.3. The zero-order valence-electron chi connectivity index (χ0n) is 16.2. The first-order valence-corrected chi connectivity index (χ1v) is 11.2. The normalized spacial score (nSPS) is 17.5. The summed E-state index contributed by atoms with van der Waals surface area (Å²) >= 11 is 0. The summed E-state index contributed by atoms with van der Waals surface area (Å²) in [5.74, 6) is -0.877. The van der Waals surface area contributed by atoms with Crippen molar-refractivity contribution < 1.29 is 22.8 Å². The fourth-order valence-corrected chi connectivity index (χ4v) is 5.13. The number of hydrogen-bond acceptors (Lipinski definition) is 5. The van der Waals surface area contributed by atoms with Gasteiger partial charge in [-0.15, -0.1) is 0 Å². The molecule has 30 heavy (non-hydrogen) atoms. The molecule has 2 aliphatic heterocycles. The van der Waals surface area contributed by atoms with Crippen LogP contribution in [0.2, 0.25) is 0 Å². The molecule has 0 aromatic heterocycles. The predicted octanol–water partition coefficient (Wildman–Crippen LogP) is 2.38. The molecule has 0 unspecified atom stereocenters. The number of imide groups is 1. The molecule has 0 atom stereocenters. The van der Waals surface area contributed by atoms with Crippen LogP contribution in [0.15, 0.2) is 53.4 Å². The first kappa shape index (κ1) is 20.2. The Morgan fingerprint density at radius 1 is 0.833 bits per heavy atom. The lowest BCUT2D eigenvalue weighted by atomic mass is 10.1. The highest BCUT2D eigenvalue weighted by molar-refractivity contribution is 7.89. The number of rotatable bonds is 5. The van der Waals surface area contributed by atoms with Gasteiger partial charge >= 0.3 is 0 Å². The van der Waals surface area contributed by atoms with Crippen molar-refractivity contribution in [1.29, 1.82) is 0 Å². The average molecular weight is 427 g/mol. The second kappa shape index (κ2) is 8.00. The van der Waals surface area contributed by atoms with Crippen LogP contribution in [-0.4, -0.2) is 43.5 Å². The van der Waals surface area contributed by atoms with Gasteiger partial charge in [0.05, 0.1) is 10.6 Å². The lowest BCUT2D eigenvalue weighted by molar-refractivity contribution is -0.121. The molecule has 2 aromatic rings. The second-order valence-corrected chi connectivity index (χ2v) is 9.20. The number of nitrogens with one attached hydrogen (secondary N) is 1. The lowest BCUT2D eigenvalue weighted by Crippen LogP contribution is -2.28. The maximum atomic E-state index is 12.6. The van der Waals surface area contributed by atoms with Crippen LogP contribution in [-0.2, 0) is 19.6 Å². The van der Waals surface area contributed by atoms with E-state index in [1.807, 2.05) is 0 Å². The molecule has 0 bridgehead atoms. The molecule has 4 rings (SSSR count). The molecule has 2 aliphatic rings. The van der Waals surface area contributed by atoms with Gasteiger partial charge in [0, 0.05) is 37.2 Å². The molecule has 0 aliphatic carbocycles. The number of sulfonamides is 1. The predicted molar refractivity (Wildman–Crippen MR) is 111 cm³/mol. The Morgan fingerprint density at radius 2 is 1.40 bits per heavy atom. The van der Waals surface area contributed by atoms with Gasteiger partial charge < -0.3 is 5.32 Å². The quantitative estimate of drug-likeness (QED) is 0.738. The number of nitrogens with zero attached hydrogens (tertiary/aromatic N) is 2. The van der Waals surface area contributed by atoms with Crippen LogP contribution in [0.4, 0.5) is 11.4 Å². The maximum Gasteiger partial charge on any atom is 0.255 e. The van der Waals surface area contributed by atoms with Crippen LogP contribution < -0.4 is 10.2 Å². The Hall–Kier alpha value is -3.04. The standard InChI is InChI=1S/C21H21N3O5S/c25-19-11-12-20(26)24(19)17-7-3-15(4-8-17)21(27)22-16-5-9-18(10-6-16)30(28,29)23-13-1-2-14-23/h3-10H,1-2,11-14H2,(H,22,27). The Labute approximate surface area is 174 Å². The van der Waals surface area contributed by atoms with Crippen molar-refractivity contribution >= 4 is 39.1 Å². The van der Waals surface area contributed by atoms with Gasteiger partial charge in [-0.25, -0.2) is 8.42 Å². The van der Waals surface area contributed by atoms with Gasteiger partial charge in [0.15, 0.2) is 0 Å². The molecule has 9 heteroatoms. The zero-order valence-corrected chi connectivity index (χ0v) is 17.0. The van der Waals surface area contributed by atoms with Gasteiger partial charge in [-0.2, -0.15) is 4.31 Å². The number of amides is 3. The third kappa shape index (κ3) is 3.86. The van der Waals surface area contributed by atoms with Gasteiger partial charge in [0.25, 0.3) is 5.91 Å². The number of hydrogen-bond donors (Lipinski definition) is 1. The average Bonchev–Trinajstić information content (AvgIpc) is 3.39. The summed E-state index contributed by atoms with van der Waals surface area (Å²) in [4.78, 5) is 37.4. The molecule has 0 saturated carbocycles. The Balaban J connectivity index is 1.44. The van der Waals surface area contributed by atoms with Crippen molar-refractivity contribution in [3.05, 3.63) is 54.1 Å². The van der Waals surface area contributed by atoms with E-state index in [1.54, 1.807) is 24.3 Å². The molecule has 156 valence electrons. The van der Waals surface area contributed by atoms with Crippen LogP contribution >= 0.6 is 0 Å². The van der Waals surface area contributed by atoms with E-state index < -0.39 is 10.0 Å². The minimum absolute atomic E-state index is 0.199. The first-order chi connectivity index (χ1) is 14.4. The third-order valence-electron chi connectivity index (χ3n) is 5.25. The van der Waals surface area contributed by atoms with Crippen molar-refractivity contribution in [2.24, 2.45) is 0 Å². The minimum Gasteiger partial charge on any atom is -0.322 e. The van der Waals surface area contributed by atoms with E-state index in [4.69, 9.17) is 0 Å². The van der Waals surface area contributed by atoms with E-state index in [9.17, 15) is 22.8 Å². The molecule has 0 spiro atoms. The molecule has 8 nitrogen and oxygen atoms in total. The fourth-order valence-electron chi connectivity index (χ4n) is 3.62. The molecule has 2 saturated heterocycles. The molecule has 2 aromatic carbocycles. The third-order valence-corrected chi connectivity index (χ3v) is 7.17. The summed E-state index contributed by atoms with van der Waals surface area (Å²) in [6, 6.07) is 12.3. The minimum atomic E-state index is -3.50. The Kier molecular flexibility index (Phi) is 5.40. The van der Waals surface area contributed by atoms with Crippen molar-refractivity contribution in [1.82, 2.24) is 4.31 Å². The fraction of sp³-hybridized carbons (Fsp3) is 0.286. The smallest absolute Gasteiger partial charge is 0.255 e. The summed E-state index contributed by atoms with van der Waals surface area (Å²) in [5.41, 5.74) is 1.26. The highest BCUT2D eigenvalue weighted by atomic mass is 32.2. The van der Waals surface area contributed by atoms with Crippen molar-refractivity contribution in [2.45, 2.75) is 30.6 Å². The second-order valence-electron chi connectivity index (χ2n) is 7.26. The van der Waals surface area contributed by atoms with Crippen LogP contribution in [0.3, 0.4) is 0 Å². The van der Waals surface area contributed by atoms with E-state index >= 15 is 0 Å². The van der Waals surface area contributed by atoms with E-state index in [-0.39, 0.29) is 35.5 Å². The summed E-state index contributed by atoms with van der Waals surface area (Å²) in [6.45, 7) is 1.07. The maximum absolute atomic E-state index is 12.6. The van der Waals surface area contributed by atoms with Crippen LogP contribution in [0.1, 0.15) is 36.0 Å². The van der Waals surface area contributed by atoms with Gasteiger partial charge in [0.2, 0.25) is 21.8 Å². The highest BCUT2D eigenvalue weighted by Crippen LogP contribution is 2.24. The number of benzene rings is 2. The molecular weight excluding hydrogens is 406 g/mol. The summed E-state index contributed by atoms with van der Waals surface area (Å²) < 4.78 is 26.6. The van der Waals surface area contributed by atoms with Gasteiger partial charge in [-0.1, -0.05) is 0 Å². The van der Waals surface area contributed by atoms with Crippen molar-refractivity contribution in [3.8, 4) is 0 Å². The van der Waals surface area contributed by atoms with Gasteiger partial charge in [-0.3, -0.25) is 19.3 Å². The van der Waals surface area contributed by atoms with Crippen LogP contribution in [0.25, 0.3) is 0 Å². The SMILES string of the molecule is O=C(Nc1ccc(S(=O)(=O)N2CCCC2)cc1)c1ccc(N2C(=O)CCC2=O)cc1. The van der Waals surface area contributed by atoms with E-state index in [2.05, 4.69) is 5.32 Å². The first-order valence-electron chi connectivity index (χ1n) is 9.74. The largest absolute Gasteiger partial charge is 0.322 e. The molecule has 0 radical (unpaired) electrons. The molecular formula is C21H21N3O5S. The molecule has 3 amide bonds. The van der Waals surface area contributed by atoms with Crippen molar-refractivity contribution in [3.63, 3.8) is 0 Å². The Morgan fingerprint density at radius 3 is 1.97 bits per heavy atom. The monoisotopic (exact) mass is 427 g/mol. The van der Waals surface area contributed by atoms with E-state index in [0.717, 1.165) is 17.7 Å². The number of carbonyl (C=O) groups is 3. The summed E-state index contributed by atoms with van der Waals surface area (Å²) in [5, 5.41) is 2.72. The number of carbonyl (C=O) groups excluding carboxylic acids is 3.